The molecule has 2 saturated heterocycles. The molecule has 0 saturated carbocycles. The summed E-state index contributed by atoms with van der Waals surface area (Å²) < 4.78 is 37.8. The van der Waals surface area contributed by atoms with Crippen LogP contribution in [0.4, 0.5) is 0 Å². The summed E-state index contributed by atoms with van der Waals surface area (Å²) in [6.45, 7) is 6.56. The highest BCUT2D eigenvalue weighted by Crippen LogP contribution is 2.24. The summed E-state index contributed by atoms with van der Waals surface area (Å²) in [5, 5.41) is 0. The highest BCUT2D eigenvalue weighted by Gasteiger charge is 2.31. The van der Waals surface area contributed by atoms with Crippen LogP contribution in [-0.4, -0.2) is 74.5 Å². The number of hydrogen-bond acceptors (Lipinski definition) is 6. The third kappa shape index (κ3) is 4.84. The smallest absolute Gasteiger partial charge is 0.338 e. The Morgan fingerprint density at radius 2 is 1.77 bits per heavy atom. The second-order valence-electron chi connectivity index (χ2n) is 8.00. The average Bonchev–Trinajstić information content (AvgIpc) is 2.72. The Kier molecular flexibility index (Phi) is 7.15. The van der Waals surface area contributed by atoms with Gasteiger partial charge in [0, 0.05) is 25.2 Å². The number of likely N-dealkylation sites (tertiary alicyclic amines) is 1. The zero-order valence-electron chi connectivity index (χ0n) is 17.8. The van der Waals surface area contributed by atoms with Crippen molar-refractivity contribution in [2.24, 2.45) is 0 Å². The Morgan fingerprint density at radius 3 is 2.40 bits per heavy atom. The summed E-state index contributed by atoms with van der Waals surface area (Å²) >= 11 is 0. The minimum absolute atomic E-state index is 0.0726. The quantitative estimate of drug-likeness (QED) is 0.653. The zero-order chi connectivity index (χ0) is 21.9. The summed E-state index contributed by atoms with van der Waals surface area (Å²) in [7, 11) is -3.74. The number of esters is 1. The summed E-state index contributed by atoms with van der Waals surface area (Å²) in [5.74, 6) is -0.935. The van der Waals surface area contributed by atoms with Crippen LogP contribution in [0.15, 0.2) is 23.1 Å². The SMILES string of the molecule is Cc1ccc(C(=O)OCC(=O)N2[C@H](C)CCC[C@@H]2C)cc1S(=O)(=O)N1CCOCC1. The Hall–Kier alpha value is -1.97. The minimum atomic E-state index is -3.74. The number of rotatable bonds is 5. The van der Waals surface area contributed by atoms with Crippen LogP contribution < -0.4 is 0 Å². The van der Waals surface area contributed by atoms with E-state index < -0.39 is 16.0 Å². The van der Waals surface area contributed by atoms with E-state index in [1.807, 2.05) is 13.8 Å². The lowest BCUT2D eigenvalue weighted by Gasteiger charge is -2.38. The number of morpholine rings is 1. The molecule has 1 amide bonds. The molecule has 2 aliphatic rings. The Balaban J connectivity index is 1.71. The second-order valence-corrected chi connectivity index (χ2v) is 9.91. The number of nitrogens with zero attached hydrogens (tertiary/aromatic N) is 2. The van der Waals surface area contributed by atoms with Gasteiger partial charge in [0.25, 0.3) is 5.91 Å². The molecule has 1 aromatic rings. The summed E-state index contributed by atoms with van der Waals surface area (Å²) in [5.41, 5.74) is 0.657. The summed E-state index contributed by atoms with van der Waals surface area (Å²) in [6, 6.07) is 4.67. The van der Waals surface area contributed by atoms with Gasteiger partial charge in [-0.15, -0.1) is 0 Å². The molecule has 1 aromatic carbocycles. The number of piperidine rings is 1. The van der Waals surface area contributed by atoms with Crippen LogP contribution in [0.5, 0.6) is 0 Å². The fourth-order valence-electron chi connectivity index (χ4n) is 4.13. The van der Waals surface area contributed by atoms with Crippen LogP contribution in [0.3, 0.4) is 0 Å². The molecule has 9 heteroatoms. The molecule has 0 bridgehead atoms. The molecule has 2 atom stereocenters. The van der Waals surface area contributed by atoms with E-state index >= 15 is 0 Å². The molecule has 0 aromatic heterocycles. The fourth-order valence-corrected chi connectivity index (χ4v) is 5.79. The Labute approximate surface area is 178 Å². The maximum atomic E-state index is 13.0. The van der Waals surface area contributed by atoms with Crippen molar-refractivity contribution in [3.05, 3.63) is 29.3 Å². The van der Waals surface area contributed by atoms with Crippen LogP contribution in [0.1, 0.15) is 49.0 Å². The predicted molar refractivity (Wildman–Crippen MR) is 111 cm³/mol. The zero-order valence-corrected chi connectivity index (χ0v) is 18.6. The van der Waals surface area contributed by atoms with Crippen LogP contribution in [-0.2, 0) is 24.3 Å². The molecule has 0 spiro atoms. The topological polar surface area (TPSA) is 93.2 Å². The van der Waals surface area contributed by atoms with Gasteiger partial charge in [-0.3, -0.25) is 4.79 Å². The molecule has 0 radical (unpaired) electrons. The first kappa shape index (κ1) is 22.7. The van der Waals surface area contributed by atoms with Gasteiger partial charge in [-0.25, -0.2) is 13.2 Å². The number of amides is 1. The van der Waals surface area contributed by atoms with Gasteiger partial charge < -0.3 is 14.4 Å². The number of sulfonamides is 1. The average molecular weight is 439 g/mol. The van der Waals surface area contributed by atoms with Gasteiger partial charge in [0.2, 0.25) is 10.0 Å². The van der Waals surface area contributed by atoms with E-state index in [-0.39, 0.29) is 48.1 Å². The second kappa shape index (κ2) is 9.45. The van der Waals surface area contributed by atoms with Gasteiger partial charge in [-0.1, -0.05) is 6.07 Å². The molecular weight excluding hydrogens is 408 g/mol. The molecule has 3 rings (SSSR count). The first-order valence-electron chi connectivity index (χ1n) is 10.4. The van der Waals surface area contributed by atoms with E-state index in [1.165, 1.54) is 16.4 Å². The van der Waals surface area contributed by atoms with E-state index in [2.05, 4.69) is 0 Å². The van der Waals surface area contributed by atoms with Crippen LogP contribution in [0.2, 0.25) is 0 Å². The third-order valence-corrected chi connectivity index (χ3v) is 7.86. The standard InChI is InChI=1S/C21H30N2O6S/c1-15-7-8-18(13-19(15)30(26,27)22-9-11-28-12-10-22)21(25)29-14-20(24)23-16(2)5-4-6-17(23)3/h7-8,13,16-17H,4-6,9-12,14H2,1-3H3/t16-,17+. The molecule has 0 aliphatic carbocycles. The lowest BCUT2D eigenvalue weighted by molar-refractivity contribution is -0.140. The number of benzene rings is 1. The van der Waals surface area contributed by atoms with Gasteiger partial charge in [0.05, 0.1) is 23.7 Å². The maximum Gasteiger partial charge on any atom is 0.338 e. The van der Waals surface area contributed by atoms with Crippen LogP contribution in [0, 0.1) is 6.92 Å². The van der Waals surface area contributed by atoms with E-state index in [0.717, 1.165) is 19.3 Å². The van der Waals surface area contributed by atoms with Crippen molar-refractivity contribution < 1.29 is 27.5 Å². The first-order chi connectivity index (χ1) is 14.2. The predicted octanol–water partition coefficient (Wildman–Crippen LogP) is 1.96. The fraction of sp³-hybridized carbons (Fsp3) is 0.619. The molecule has 30 heavy (non-hydrogen) atoms. The van der Waals surface area contributed by atoms with Gasteiger partial charge in [0.15, 0.2) is 6.61 Å². The molecule has 0 N–H and O–H groups in total. The first-order valence-corrected chi connectivity index (χ1v) is 11.8. The monoisotopic (exact) mass is 438 g/mol. The molecular formula is C21H30N2O6S. The lowest BCUT2D eigenvalue weighted by atomic mass is 9.97. The molecule has 2 aliphatic heterocycles. The summed E-state index contributed by atoms with van der Waals surface area (Å²) in [4.78, 5) is 27.0. The highest BCUT2D eigenvalue weighted by atomic mass is 32.2. The van der Waals surface area contributed by atoms with Crippen molar-refractivity contribution in [2.45, 2.75) is 57.0 Å². The molecule has 2 heterocycles. The van der Waals surface area contributed by atoms with Crippen LogP contribution >= 0.6 is 0 Å². The van der Waals surface area contributed by atoms with Crippen molar-refractivity contribution in [3.63, 3.8) is 0 Å². The van der Waals surface area contributed by atoms with Crippen LogP contribution in [0.25, 0.3) is 0 Å². The van der Waals surface area contributed by atoms with E-state index in [1.54, 1.807) is 17.9 Å². The van der Waals surface area contributed by atoms with Gasteiger partial charge in [0.1, 0.15) is 0 Å². The van der Waals surface area contributed by atoms with E-state index in [0.29, 0.717) is 18.8 Å². The van der Waals surface area contributed by atoms with Crippen molar-refractivity contribution >= 4 is 21.9 Å². The van der Waals surface area contributed by atoms with Gasteiger partial charge in [-0.2, -0.15) is 4.31 Å². The van der Waals surface area contributed by atoms with Gasteiger partial charge in [-0.05, 0) is 57.7 Å². The molecule has 8 nitrogen and oxygen atoms in total. The Bertz CT molecular complexity index is 885. The minimum Gasteiger partial charge on any atom is -0.452 e. The van der Waals surface area contributed by atoms with Crippen molar-refractivity contribution in [1.82, 2.24) is 9.21 Å². The third-order valence-electron chi connectivity index (χ3n) is 5.82. The normalized spacial score (nSPS) is 23.2. The number of ether oxygens (including phenoxy) is 2. The molecule has 166 valence electrons. The van der Waals surface area contributed by atoms with E-state index in [4.69, 9.17) is 9.47 Å². The number of hydrogen-bond donors (Lipinski definition) is 0. The van der Waals surface area contributed by atoms with Crippen molar-refractivity contribution in [3.8, 4) is 0 Å². The molecule has 2 fully saturated rings. The number of aryl methyl sites for hydroxylation is 1. The molecule has 0 unspecified atom stereocenters. The highest BCUT2D eigenvalue weighted by molar-refractivity contribution is 7.89. The van der Waals surface area contributed by atoms with Gasteiger partial charge >= 0.3 is 5.97 Å². The number of carbonyl (C=O) groups excluding carboxylic acids is 2. The lowest BCUT2D eigenvalue weighted by Crippen LogP contribution is -2.49. The van der Waals surface area contributed by atoms with E-state index in [9.17, 15) is 18.0 Å². The summed E-state index contributed by atoms with van der Waals surface area (Å²) in [6.07, 6.45) is 2.95. The van der Waals surface area contributed by atoms with Crippen molar-refractivity contribution in [2.75, 3.05) is 32.9 Å². The van der Waals surface area contributed by atoms with Crippen molar-refractivity contribution in [1.29, 1.82) is 0 Å². The Morgan fingerprint density at radius 1 is 1.13 bits per heavy atom. The maximum absolute atomic E-state index is 13.0. The largest absolute Gasteiger partial charge is 0.452 e. The number of carbonyl (C=O) groups is 2.